The Bertz CT molecular complexity index is 735. The normalized spacial score (nSPS) is 10.5. The fraction of sp³-hybridized carbons (Fsp3) is 0.0667. The number of hydrogen-bond acceptors (Lipinski definition) is 4. The number of benzene rings is 1. The fourth-order valence-electron chi connectivity index (χ4n) is 1.83. The number of nitrogens with zero attached hydrogens (tertiary/aromatic N) is 1. The summed E-state index contributed by atoms with van der Waals surface area (Å²) >= 11 is 1.54. The van der Waals surface area contributed by atoms with Crippen LogP contribution in [0.25, 0.3) is 10.6 Å². The molecule has 0 bridgehead atoms. The van der Waals surface area contributed by atoms with E-state index < -0.39 is 0 Å². The highest BCUT2D eigenvalue weighted by Crippen LogP contribution is 2.25. The zero-order valence-corrected chi connectivity index (χ0v) is 11.7. The van der Waals surface area contributed by atoms with Crippen molar-refractivity contribution < 1.29 is 13.7 Å². The van der Waals surface area contributed by atoms with Gasteiger partial charge in [0.2, 0.25) is 5.91 Å². The standard InChI is InChI=1S/C15H11FN2O2S/c16-10-3-5-11(6-4-10)17-15(19)9-12-8-13(20-18-12)14-2-1-7-21-14/h1-8H,9H2,(H,17,19). The van der Waals surface area contributed by atoms with Gasteiger partial charge in [-0.25, -0.2) is 4.39 Å². The molecule has 4 nitrogen and oxygen atoms in total. The Morgan fingerprint density at radius 2 is 2.10 bits per heavy atom. The van der Waals surface area contributed by atoms with Crippen LogP contribution in [0.3, 0.4) is 0 Å². The molecule has 6 heteroatoms. The third-order valence-corrected chi connectivity index (χ3v) is 3.68. The summed E-state index contributed by atoms with van der Waals surface area (Å²) in [6.45, 7) is 0. The predicted molar refractivity (Wildman–Crippen MR) is 78.5 cm³/mol. The van der Waals surface area contributed by atoms with E-state index >= 15 is 0 Å². The van der Waals surface area contributed by atoms with Crippen molar-refractivity contribution in [2.45, 2.75) is 6.42 Å². The SMILES string of the molecule is O=C(Cc1cc(-c2cccs2)on1)Nc1ccc(F)cc1. The summed E-state index contributed by atoms with van der Waals surface area (Å²) in [5.74, 6) is 0.0762. The average Bonchev–Trinajstić information content (AvgIpc) is 3.12. The number of carbonyl (C=O) groups excluding carboxylic acids is 1. The van der Waals surface area contributed by atoms with Crippen LogP contribution in [0.1, 0.15) is 5.69 Å². The lowest BCUT2D eigenvalue weighted by Crippen LogP contribution is -2.14. The minimum Gasteiger partial charge on any atom is -0.355 e. The molecule has 1 amide bonds. The Kier molecular flexibility index (Phi) is 3.79. The van der Waals surface area contributed by atoms with Crippen LogP contribution in [0, 0.1) is 5.82 Å². The van der Waals surface area contributed by atoms with E-state index in [9.17, 15) is 9.18 Å². The van der Waals surface area contributed by atoms with Crippen LogP contribution in [0.15, 0.2) is 52.4 Å². The number of anilines is 1. The third kappa shape index (κ3) is 3.35. The van der Waals surface area contributed by atoms with Crippen molar-refractivity contribution in [3.63, 3.8) is 0 Å². The molecule has 21 heavy (non-hydrogen) atoms. The molecule has 0 fully saturated rings. The monoisotopic (exact) mass is 302 g/mol. The van der Waals surface area contributed by atoms with Gasteiger partial charge in [-0.2, -0.15) is 0 Å². The summed E-state index contributed by atoms with van der Waals surface area (Å²) in [6.07, 6.45) is 0.103. The van der Waals surface area contributed by atoms with Crippen molar-refractivity contribution in [1.29, 1.82) is 0 Å². The van der Waals surface area contributed by atoms with Gasteiger partial charge < -0.3 is 9.84 Å². The summed E-state index contributed by atoms with van der Waals surface area (Å²) in [4.78, 5) is 12.8. The lowest BCUT2D eigenvalue weighted by molar-refractivity contribution is -0.115. The van der Waals surface area contributed by atoms with E-state index in [1.54, 1.807) is 17.4 Å². The smallest absolute Gasteiger partial charge is 0.230 e. The molecule has 0 aliphatic heterocycles. The molecule has 1 aromatic carbocycles. The summed E-state index contributed by atoms with van der Waals surface area (Å²) in [5.41, 5.74) is 1.10. The van der Waals surface area contributed by atoms with Crippen molar-refractivity contribution >= 4 is 22.9 Å². The Hall–Kier alpha value is -2.47. The van der Waals surface area contributed by atoms with E-state index in [0.717, 1.165) is 4.88 Å². The molecule has 0 radical (unpaired) electrons. The number of hydrogen-bond donors (Lipinski definition) is 1. The van der Waals surface area contributed by atoms with Crippen molar-refractivity contribution in [3.8, 4) is 10.6 Å². The summed E-state index contributed by atoms with van der Waals surface area (Å²) in [5, 5.41) is 8.50. The Balaban J connectivity index is 1.64. The van der Waals surface area contributed by atoms with Crippen LogP contribution in [-0.2, 0) is 11.2 Å². The molecule has 0 spiro atoms. The number of thiophene rings is 1. The highest BCUT2D eigenvalue weighted by Gasteiger charge is 2.11. The van der Waals surface area contributed by atoms with Crippen LogP contribution in [0.4, 0.5) is 10.1 Å². The highest BCUT2D eigenvalue weighted by molar-refractivity contribution is 7.13. The van der Waals surface area contributed by atoms with Gasteiger partial charge in [-0.3, -0.25) is 4.79 Å². The van der Waals surface area contributed by atoms with Crippen molar-refractivity contribution in [2.75, 3.05) is 5.32 Å². The summed E-state index contributed by atoms with van der Waals surface area (Å²) in [7, 11) is 0. The first-order chi connectivity index (χ1) is 10.2. The van der Waals surface area contributed by atoms with Crippen molar-refractivity contribution in [3.05, 3.63) is 59.4 Å². The molecule has 0 atom stereocenters. The van der Waals surface area contributed by atoms with E-state index in [2.05, 4.69) is 10.5 Å². The van der Waals surface area contributed by atoms with E-state index in [-0.39, 0.29) is 18.1 Å². The Labute approximate surface area is 124 Å². The molecular formula is C15H11FN2O2S. The predicted octanol–water partition coefficient (Wildman–Crippen LogP) is 3.72. The second-order valence-electron chi connectivity index (χ2n) is 4.39. The van der Waals surface area contributed by atoms with Crippen molar-refractivity contribution in [1.82, 2.24) is 5.16 Å². The molecule has 0 saturated heterocycles. The molecule has 2 heterocycles. The van der Waals surface area contributed by atoms with Crippen LogP contribution in [0.2, 0.25) is 0 Å². The van der Waals surface area contributed by atoms with Crippen LogP contribution in [0.5, 0.6) is 0 Å². The number of halogens is 1. The molecule has 0 aliphatic rings. The highest BCUT2D eigenvalue weighted by atomic mass is 32.1. The summed E-state index contributed by atoms with van der Waals surface area (Å²) < 4.78 is 18.0. The first-order valence-corrected chi connectivity index (χ1v) is 7.13. The zero-order valence-electron chi connectivity index (χ0n) is 10.9. The van der Waals surface area contributed by atoms with E-state index in [1.807, 2.05) is 17.5 Å². The second kappa shape index (κ2) is 5.88. The zero-order chi connectivity index (χ0) is 14.7. The lowest BCUT2D eigenvalue weighted by atomic mass is 10.2. The number of aromatic nitrogens is 1. The maximum absolute atomic E-state index is 12.8. The molecule has 106 valence electrons. The van der Waals surface area contributed by atoms with Gasteiger partial charge in [0.05, 0.1) is 17.0 Å². The van der Waals surface area contributed by atoms with Gasteiger partial charge in [0, 0.05) is 11.8 Å². The maximum atomic E-state index is 12.8. The number of rotatable bonds is 4. The first kappa shape index (κ1) is 13.5. The van der Waals surface area contributed by atoms with E-state index in [4.69, 9.17) is 4.52 Å². The minimum absolute atomic E-state index is 0.103. The topological polar surface area (TPSA) is 55.1 Å². The van der Waals surface area contributed by atoms with Gasteiger partial charge in [-0.1, -0.05) is 11.2 Å². The van der Waals surface area contributed by atoms with Gasteiger partial charge in [0.15, 0.2) is 5.76 Å². The van der Waals surface area contributed by atoms with E-state index in [0.29, 0.717) is 17.1 Å². The molecule has 3 rings (SSSR count). The quantitative estimate of drug-likeness (QED) is 0.799. The number of nitrogens with one attached hydrogen (secondary N) is 1. The lowest BCUT2D eigenvalue weighted by Gasteiger charge is -2.02. The maximum Gasteiger partial charge on any atom is 0.230 e. The van der Waals surface area contributed by atoms with Gasteiger partial charge >= 0.3 is 0 Å². The van der Waals surface area contributed by atoms with Crippen LogP contribution < -0.4 is 5.32 Å². The minimum atomic E-state index is -0.343. The Morgan fingerprint density at radius 3 is 2.81 bits per heavy atom. The average molecular weight is 302 g/mol. The van der Waals surface area contributed by atoms with Gasteiger partial charge in [0.1, 0.15) is 5.82 Å². The van der Waals surface area contributed by atoms with Crippen molar-refractivity contribution in [2.24, 2.45) is 0 Å². The molecule has 0 unspecified atom stereocenters. The van der Waals surface area contributed by atoms with Crippen LogP contribution in [-0.4, -0.2) is 11.1 Å². The molecule has 1 N–H and O–H groups in total. The number of carbonyl (C=O) groups is 1. The third-order valence-electron chi connectivity index (χ3n) is 2.79. The van der Waals surface area contributed by atoms with E-state index in [1.165, 1.54) is 24.3 Å². The first-order valence-electron chi connectivity index (χ1n) is 6.25. The number of amides is 1. The Morgan fingerprint density at radius 1 is 1.29 bits per heavy atom. The van der Waals surface area contributed by atoms with Gasteiger partial charge in [0.25, 0.3) is 0 Å². The molecule has 0 aliphatic carbocycles. The largest absolute Gasteiger partial charge is 0.355 e. The summed E-state index contributed by atoms with van der Waals surface area (Å²) in [6, 6.07) is 11.2. The second-order valence-corrected chi connectivity index (χ2v) is 5.34. The molecule has 2 aromatic heterocycles. The molecule has 3 aromatic rings. The van der Waals surface area contributed by atoms with Gasteiger partial charge in [-0.05, 0) is 35.7 Å². The molecular weight excluding hydrogens is 291 g/mol. The molecule has 0 saturated carbocycles. The van der Waals surface area contributed by atoms with Crippen LogP contribution >= 0.6 is 11.3 Å². The van der Waals surface area contributed by atoms with Gasteiger partial charge in [-0.15, -0.1) is 11.3 Å². The fourth-order valence-corrected chi connectivity index (χ4v) is 2.51.